The average molecular weight is 288 g/mol. The molecule has 0 bridgehead atoms. The van der Waals surface area contributed by atoms with E-state index in [1.54, 1.807) is 7.11 Å². The third-order valence-electron chi connectivity index (χ3n) is 5.63. The molecule has 21 heavy (non-hydrogen) atoms. The van der Waals surface area contributed by atoms with E-state index in [1.165, 1.54) is 36.8 Å². The van der Waals surface area contributed by atoms with E-state index in [1.807, 2.05) is 0 Å². The molecule has 1 aliphatic heterocycles. The molecule has 3 aliphatic rings. The number of ether oxygens (including phenoxy) is 3. The van der Waals surface area contributed by atoms with Crippen LogP contribution in [0.1, 0.15) is 36.8 Å². The number of hydrogen-bond donors (Lipinski definition) is 0. The zero-order chi connectivity index (χ0) is 14.3. The maximum atomic E-state index is 5.88. The normalized spacial score (nSPS) is 30.5. The van der Waals surface area contributed by atoms with Crippen LogP contribution in [0.3, 0.4) is 0 Å². The van der Waals surface area contributed by atoms with Crippen molar-refractivity contribution >= 4 is 0 Å². The maximum Gasteiger partial charge on any atom is 0.168 e. The quantitative estimate of drug-likeness (QED) is 0.835. The van der Waals surface area contributed by atoms with Crippen LogP contribution in [0, 0.1) is 11.8 Å². The van der Waals surface area contributed by atoms with Crippen molar-refractivity contribution in [3.8, 4) is 5.75 Å². The van der Waals surface area contributed by atoms with Crippen molar-refractivity contribution in [1.82, 2.24) is 0 Å². The summed E-state index contributed by atoms with van der Waals surface area (Å²) in [6.45, 7) is 1.56. The molecule has 2 atom stereocenters. The molecule has 0 amide bonds. The molecular weight excluding hydrogens is 264 g/mol. The first-order chi connectivity index (χ1) is 10.3. The fourth-order valence-electron chi connectivity index (χ4n) is 4.46. The van der Waals surface area contributed by atoms with Crippen LogP contribution in [-0.2, 0) is 22.3 Å². The van der Waals surface area contributed by atoms with Gasteiger partial charge in [-0.2, -0.15) is 0 Å². The monoisotopic (exact) mass is 288 g/mol. The summed E-state index contributed by atoms with van der Waals surface area (Å²) in [6.07, 6.45) is 7.13. The fourth-order valence-corrected chi connectivity index (χ4v) is 4.46. The molecular formula is C18H24O3. The van der Waals surface area contributed by atoms with E-state index >= 15 is 0 Å². The summed E-state index contributed by atoms with van der Waals surface area (Å²) in [4.78, 5) is 0. The van der Waals surface area contributed by atoms with Gasteiger partial charge in [0.25, 0.3) is 0 Å². The highest BCUT2D eigenvalue weighted by Crippen LogP contribution is 2.46. The fraction of sp³-hybridized carbons (Fsp3) is 0.667. The van der Waals surface area contributed by atoms with Gasteiger partial charge >= 0.3 is 0 Å². The van der Waals surface area contributed by atoms with Crippen molar-refractivity contribution in [2.75, 3.05) is 20.3 Å². The summed E-state index contributed by atoms with van der Waals surface area (Å²) in [6, 6.07) is 6.57. The summed E-state index contributed by atoms with van der Waals surface area (Å²) < 4.78 is 17.1. The van der Waals surface area contributed by atoms with Crippen molar-refractivity contribution in [1.29, 1.82) is 0 Å². The second kappa shape index (κ2) is 5.29. The molecule has 3 heteroatoms. The molecule has 3 nitrogen and oxygen atoms in total. The molecule has 1 spiro atoms. The Morgan fingerprint density at radius 1 is 1.10 bits per heavy atom. The third-order valence-corrected chi connectivity index (χ3v) is 5.63. The van der Waals surface area contributed by atoms with E-state index in [-0.39, 0.29) is 5.79 Å². The molecule has 1 heterocycles. The maximum absolute atomic E-state index is 5.88. The Morgan fingerprint density at radius 2 is 1.95 bits per heavy atom. The first kappa shape index (κ1) is 13.6. The van der Waals surface area contributed by atoms with Crippen LogP contribution in [0.25, 0.3) is 0 Å². The Bertz CT molecular complexity index is 519. The van der Waals surface area contributed by atoms with E-state index in [0.717, 1.165) is 43.6 Å². The number of methoxy groups -OCH3 is 1. The van der Waals surface area contributed by atoms with Gasteiger partial charge in [0.1, 0.15) is 5.75 Å². The van der Waals surface area contributed by atoms with Gasteiger partial charge in [-0.3, -0.25) is 0 Å². The van der Waals surface area contributed by atoms with Crippen LogP contribution in [-0.4, -0.2) is 26.1 Å². The summed E-state index contributed by atoms with van der Waals surface area (Å²) in [5.74, 6) is 2.32. The lowest BCUT2D eigenvalue weighted by Gasteiger charge is -2.30. The van der Waals surface area contributed by atoms with Gasteiger partial charge in [-0.15, -0.1) is 0 Å². The molecule has 0 radical (unpaired) electrons. The zero-order valence-electron chi connectivity index (χ0n) is 12.8. The minimum Gasteiger partial charge on any atom is -0.497 e. The number of rotatable bonds is 2. The van der Waals surface area contributed by atoms with Gasteiger partial charge in [0.15, 0.2) is 5.79 Å². The van der Waals surface area contributed by atoms with Crippen LogP contribution in [0.15, 0.2) is 18.2 Å². The molecule has 1 saturated carbocycles. The number of hydrogen-bond acceptors (Lipinski definition) is 3. The highest BCUT2D eigenvalue weighted by Gasteiger charge is 2.46. The van der Waals surface area contributed by atoms with Gasteiger partial charge < -0.3 is 14.2 Å². The predicted octanol–water partition coefficient (Wildman–Crippen LogP) is 3.34. The summed E-state index contributed by atoms with van der Waals surface area (Å²) in [7, 11) is 1.74. The van der Waals surface area contributed by atoms with Gasteiger partial charge in [0, 0.05) is 12.8 Å². The van der Waals surface area contributed by atoms with Gasteiger partial charge in [-0.25, -0.2) is 0 Å². The van der Waals surface area contributed by atoms with Gasteiger partial charge in [0.2, 0.25) is 0 Å². The van der Waals surface area contributed by atoms with Crippen LogP contribution in [0.2, 0.25) is 0 Å². The third kappa shape index (κ3) is 2.47. The van der Waals surface area contributed by atoms with Crippen molar-refractivity contribution < 1.29 is 14.2 Å². The summed E-state index contributed by atoms with van der Waals surface area (Å²) in [5, 5.41) is 0. The predicted molar refractivity (Wildman–Crippen MR) is 80.5 cm³/mol. The highest BCUT2D eigenvalue weighted by molar-refractivity contribution is 5.37. The van der Waals surface area contributed by atoms with Crippen molar-refractivity contribution in [2.24, 2.45) is 11.8 Å². The highest BCUT2D eigenvalue weighted by atomic mass is 16.7. The van der Waals surface area contributed by atoms with E-state index in [2.05, 4.69) is 18.2 Å². The first-order valence-electron chi connectivity index (χ1n) is 8.22. The van der Waals surface area contributed by atoms with Crippen molar-refractivity contribution in [3.63, 3.8) is 0 Å². The zero-order valence-corrected chi connectivity index (χ0v) is 12.8. The molecule has 0 unspecified atom stereocenters. The van der Waals surface area contributed by atoms with Crippen LogP contribution in [0.5, 0.6) is 5.75 Å². The molecule has 1 aromatic carbocycles. The number of fused-ring (bicyclic) bond motifs is 1. The minimum atomic E-state index is -0.217. The largest absolute Gasteiger partial charge is 0.497 e. The Balaban J connectivity index is 1.46. The topological polar surface area (TPSA) is 27.7 Å². The molecule has 1 saturated heterocycles. The van der Waals surface area contributed by atoms with Crippen LogP contribution >= 0.6 is 0 Å². The van der Waals surface area contributed by atoms with Crippen LogP contribution in [0.4, 0.5) is 0 Å². The standard InChI is InChI=1S/C18H24O3/c1-19-17-5-4-13-10-14(2-3-15(13)11-17)16-6-7-18(12-16)20-8-9-21-18/h4-5,11,14,16H,2-3,6-10,12H2,1H3/t14-,16+/m0/s1. The molecule has 2 fully saturated rings. The average Bonchev–Trinajstić information content (AvgIpc) is 3.17. The van der Waals surface area contributed by atoms with Crippen LogP contribution < -0.4 is 4.74 Å². The second-order valence-corrected chi connectivity index (χ2v) is 6.75. The lowest BCUT2D eigenvalue weighted by Crippen LogP contribution is -2.28. The summed E-state index contributed by atoms with van der Waals surface area (Å²) >= 11 is 0. The Morgan fingerprint density at radius 3 is 2.76 bits per heavy atom. The Kier molecular flexibility index (Phi) is 3.43. The first-order valence-corrected chi connectivity index (χ1v) is 8.22. The van der Waals surface area contributed by atoms with Gasteiger partial charge in [-0.1, -0.05) is 6.07 Å². The van der Waals surface area contributed by atoms with Gasteiger partial charge in [0.05, 0.1) is 20.3 Å². The number of benzene rings is 1. The molecule has 0 N–H and O–H groups in total. The van der Waals surface area contributed by atoms with E-state index < -0.39 is 0 Å². The number of aryl methyl sites for hydroxylation is 1. The molecule has 0 aromatic heterocycles. The molecule has 4 rings (SSSR count). The van der Waals surface area contributed by atoms with Crippen molar-refractivity contribution in [3.05, 3.63) is 29.3 Å². The Labute approximate surface area is 126 Å². The Hall–Kier alpha value is -1.06. The summed E-state index contributed by atoms with van der Waals surface area (Å²) in [5.41, 5.74) is 2.99. The van der Waals surface area contributed by atoms with Crippen molar-refractivity contribution in [2.45, 2.75) is 44.3 Å². The SMILES string of the molecule is COc1ccc2c(c1)CC[C@H]([C@@H]1CCC3(C1)OCCO3)C2. The van der Waals surface area contributed by atoms with E-state index in [0.29, 0.717) is 0 Å². The smallest absolute Gasteiger partial charge is 0.168 e. The molecule has 1 aromatic rings. The lowest BCUT2D eigenvalue weighted by molar-refractivity contribution is -0.153. The minimum absolute atomic E-state index is 0.217. The van der Waals surface area contributed by atoms with E-state index in [4.69, 9.17) is 14.2 Å². The molecule has 2 aliphatic carbocycles. The second-order valence-electron chi connectivity index (χ2n) is 6.75. The molecule has 114 valence electrons. The lowest BCUT2D eigenvalue weighted by atomic mass is 9.76. The van der Waals surface area contributed by atoms with Gasteiger partial charge in [-0.05, 0) is 60.8 Å². The van der Waals surface area contributed by atoms with E-state index in [9.17, 15) is 0 Å².